The first-order valence-electron chi connectivity index (χ1n) is 6.24. The molecule has 6 nitrogen and oxygen atoms in total. The summed E-state index contributed by atoms with van der Waals surface area (Å²) in [5.41, 5.74) is 0.206. The van der Waals surface area contributed by atoms with E-state index >= 15 is 0 Å². The summed E-state index contributed by atoms with van der Waals surface area (Å²) in [4.78, 5) is 23.5. The third-order valence-corrected chi connectivity index (χ3v) is 2.85. The van der Waals surface area contributed by atoms with Gasteiger partial charge in [-0.25, -0.2) is 9.18 Å². The minimum absolute atomic E-state index is 0.0174. The van der Waals surface area contributed by atoms with Crippen molar-refractivity contribution in [1.29, 1.82) is 0 Å². The van der Waals surface area contributed by atoms with E-state index in [1.165, 1.54) is 31.4 Å². The zero-order valence-corrected chi connectivity index (χ0v) is 11.6. The van der Waals surface area contributed by atoms with Crippen LogP contribution in [0.3, 0.4) is 0 Å². The maximum Gasteiger partial charge on any atom is 0.339 e. The topological polar surface area (TPSA) is 79.5 Å². The van der Waals surface area contributed by atoms with E-state index in [0.29, 0.717) is 4.73 Å². The van der Waals surface area contributed by atoms with Crippen LogP contribution in [-0.4, -0.2) is 25.5 Å². The molecule has 0 aliphatic heterocycles. The lowest BCUT2D eigenvalue weighted by Crippen LogP contribution is -2.24. The Kier molecular flexibility index (Phi) is 4.67. The Bertz CT molecular complexity index is 700. The quantitative estimate of drug-likeness (QED) is 0.362. The fraction of sp³-hybridized carbons (Fsp3) is 0.133. The molecule has 1 aromatic carbocycles. The average Bonchev–Trinajstić information content (AvgIpc) is 2.52. The first kappa shape index (κ1) is 15.4. The highest BCUT2D eigenvalue weighted by Gasteiger charge is 2.14. The van der Waals surface area contributed by atoms with Crippen molar-refractivity contribution < 1.29 is 28.2 Å². The van der Waals surface area contributed by atoms with Crippen LogP contribution >= 0.6 is 0 Å². The summed E-state index contributed by atoms with van der Waals surface area (Å²) in [6, 6.07) is 6.24. The lowest BCUT2D eigenvalue weighted by atomic mass is 10.1. The van der Waals surface area contributed by atoms with Crippen LogP contribution in [0.2, 0.25) is 0 Å². The minimum atomic E-state index is -0.747. The van der Waals surface area contributed by atoms with Gasteiger partial charge in [0.15, 0.2) is 36.4 Å². The Balaban J connectivity index is 1.99. The Morgan fingerprint density at radius 3 is 2.45 bits per heavy atom. The lowest BCUT2D eigenvalue weighted by Gasteiger charge is -2.06. The molecular formula is C15H12FNO5. The van der Waals surface area contributed by atoms with Gasteiger partial charge in [0.05, 0.1) is 12.7 Å². The van der Waals surface area contributed by atoms with Crippen molar-refractivity contribution in [2.24, 2.45) is 0 Å². The molecule has 0 aliphatic carbocycles. The molecule has 114 valence electrons. The van der Waals surface area contributed by atoms with Gasteiger partial charge in [-0.15, -0.1) is 0 Å². The molecule has 0 spiro atoms. The highest BCUT2D eigenvalue weighted by molar-refractivity contribution is 5.99. The largest absolute Gasteiger partial charge is 0.619 e. The molecule has 2 rings (SSSR count). The van der Waals surface area contributed by atoms with E-state index in [1.807, 2.05) is 0 Å². The number of ketones is 1. The smallest absolute Gasteiger partial charge is 0.339 e. The van der Waals surface area contributed by atoms with Crippen LogP contribution in [0, 0.1) is 11.0 Å². The van der Waals surface area contributed by atoms with Gasteiger partial charge in [-0.2, -0.15) is 4.73 Å². The standard InChI is InChI=1S/C15H12FNO5/c1-21-14-3-2-11(8-12(14)16)13(18)9-22-15(19)10-4-6-17(20)7-5-10/h2-8H,9H2,1H3. The average molecular weight is 305 g/mol. The van der Waals surface area contributed by atoms with Crippen molar-refractivity contribution in [3.63, 3.8) is 0 Å². The van der Waals surface area contributed by atoms with Crippen LogP contribution in [0.25, 0.3) is 0 Å². The van der Waals surface area contributed by atoms with E-state index in [9.17, 15) is 19.2 Å². The van der Waals surface area contributed by atoms with Gasteiger partial charge in [-0.3, -0.25) is 4.79 Å². The Labute approximate surface area is 125 Å². The molecule has 1 heterocycles. The number of rotatable bonds is 5. The fourth-order valence-corrected chi connectivity index (χ4v) is 1.69. The van der Waals surface area contributed by atoms with Crippen molar-refractivity contribution in [2.45, 2.75) is 0 Å². The predicted molar refractivity (Wildman–Crippen MR) is 73.0 cm³/mol. The Hall–Kier alpha value is -2.96. The number of halogens is 1. The second-order valence-electron chi connectivity index (χ2n) is 4.30. The predicted octanol–water partition coefficient (Wildman–Crippen LogP) is 1.51. The normalized spacial score (nSPS) is 10.1. The summed E-state index contributed by atoms with van der Waals surface area (Å²) >= 11 is 0. The molecule has 0 bridgehead atoms. The third-order valence-electron chi connectivity index (χ3n) is 2.85. The van der Waals surface area contributed by atoms with Crippen molar-refractivity contribution in [3.05, 3.63) is 64.9 Å². The highest BCUT2D eigenvalue weighted by Crippen LogP contribution is 2.18. The van der Waals surface area contributed by atoms with E-state index in [4.69, 9.17) is 9.47 Å². The molecule has 0 atom stereocenters. The van der Waals surface area contributed by atoms with Gasteiger partial charge in [0.2, 0.25) is 0 Å². The number of esters is 1. The molecule has 22 heavy (non-hydrogen) atoms. The molecule has 0 aliphatic rings. The van der Waals surface area contributed by atoms with E-state index in [2.05, 4.69) is 0 Å². The highest BCUT2D eigenvalue weighted by atomic mass is 19.1. The summed E-state index contributed by atoms with van der Waals surface area (Å²) in [5, 5.41) is 10.8. The van der Waals surface area contributed by atoms with E-state index in [-0.39, 0.29) is 16.9 Å². The number of carbonyl (C=O) groups is 2. The number of ether oxygens (including phenoxy) is 2. The van der Waals surface area contributed by atoms with E-state index in [0.717, 1.165) is 18.5 Å². The number of nitrogens with zero attached hydrogens (tertiary/aromatic N) is 1. The molecule has 7 heteroatoms. The SMILES string of the molecule is COc1ccc(C(=O)COC(=O)c2cc[n+]([O-])cc2)cc1F. The fourth-order valence-electron chi connectivity index (χ4n) is 1.69. The van der Waals surface area contributed by atoms with Crippen molar-refractivity contribution >= 4 is 11.8 Å². The van der Waals surface area contributed by atoms with Crippen LogP contribution in [0.5, 0.6) is 5.75 Å². The van der Waals surface area contributed by atoms with Gasteiger partial charge in [-0.05, 0) is 18.2 Å². The zero-order valence-electron chi connectivity index (χ0n) is 11.6. The first-order chi connectivity index (χ1) is 10.5. The van der Waals surface area contributed by atoms with E-state index in [1.54, 1.807) is 0 Å². The van der Waals surface area contributed by atoms with Gasteiger partial charge in [0, 0.05) is 17.7 Å². The molecule has 0 radical (unpaired) electrons. The van der Waals surface area contributed by atoms with Crippen LogP contribution in [-0.2, 0) is 4.74 Å². The van der Waals surface area contributed by atoms with Crippen LogP contribution in [0.1, 0.15) is 20.7 Å². The molecule has 0 N–H and O–H groups in total. The molecule has 0 fully saturated rings. The second-order valence-corrected chi connectivity index (χ2v) is 4.30. The van der Waals surface area contributed by atoms with Gasteiger partial charge in [0.25, 0.3) is 0 Å². The molecule has 0 saturated heterocycles. The third kappa shape index (κ3) is 3.57. The zero-order chi connectivity index (χ0) is 16.1. The number of aromatic nitrogens is 1. The van der Waals surface area contributed by atoms with Crippen LogP contribution in [0.15, 0.2) is 42.7 Å². The number of hydrogen-bond donors (Lipinski definition) is 0. The van der Waals surface area contributed by atoms with Gasteiger partial charge >= 0.3 is 5.97 Å². The number of hydrogen-bond acceptors (Lipinski definition) is 5. The number of methoxy groups -OCH3 is 1. The van der Waals surface area contributed by atoms with Gasteiger partial charge < -0.3 is 14.7 Å². The lowest BCUT2D eigenvalue weighted by molar-refractivity contribution is -0.605. The maximum absolute atomic E-state index is 13.5. The summed E-state index contributed by atoms with van der Waals surface area (Å²) in [7, 11) is 1.31. The van der Waals surface area contributed by atoms with Crippen molar-refractivity contribution in [3.8, 4) is 5.75 Å². The van der Waals surface area contributed by atoms with Gasteiger partial charge in [0.1, 0.15) is 0 Å². The molecular weight excluding hydrogens is 293 g/mol. The summed E-state index contributed by atoms with van der Waals surface area (Å²) in [6.45, 7) is -0.531. The van der Waals surface area contributed by atoms with Crippen LogP contribution < -0.4 is 9.47 Å². The Morgan fingerprint density at radius 2 is 1.86 bits per heavy atom. The minimum Gasteiger partial charge on any atom is -0.619 e. The van der Waals surface area contributed by atoms with Gasteiger partial charge in [-0.1, -0.05) is 0 Å². The monoisotopic (exact) mass is 305 g/mol. The van der Waals surface area contributed by atoms with Crippen LogP contribution in [0.4, 0.5) is 4.39 Å². The molecule has 0 saturated carbocycles. The summed E-state index contributed by atoms with van der Waals surface area (Å²) in [6.07, 6.45) is 2.27. The summed E-state index contributed by atoms with van der Waals surface area (Å²) < 4.78 is 23.6. The Morgan fingerprint density at radius 1 is 1.18 bits per heavy atom. The van der Waals surface area contributed by atoms with Crippen molar-refractivity contribution in [1.82, 2.24) is 0 Å². The van der Waals surface area contributed by atoms with Crippen molar-refractivity contribution in [2.75, 3.05) is 13.7 Å². The number of benzene rings is 1. The first-order valence-corrected chi connectivity index (χ1v) is 6.24. The second kappa shape index (κ2) is 6.66. The molecule has 0 unspecified atom stereocenters. The summed E-state index contributed by atoms with van der Waals surface area (Å²) in [5.74, 6) is -1.96. The number of carbonyl (C=O) groups excluding carboxylic acids is 2. The molecule has 1 aromatic heterocycles. The number of pyridine rings is 1. The van der Waals surface area contributed by atoms with E-state index < -0.39 is 24.2 Å². The number of Topliss-reactive ketones (excluding diaryl/α,β-unsaturated/α-hetero) is 1. The molecule has 2 aromatic rings. The maximum atomic E-state index is 13.5. The molecule has 0 amide bonds.